The van der Waals surface area contributed by atoms with E-state index in [-0.39, 0.29) is 0 Å². The Hall–Kier alpha value is -2.00. The van der Waals surface area contributed by atoms with Crippen molar-refractivity contribution in [1.29, 1.82) is 5.26 Å². The summed E-state index contributed by atoms with van der Waals surface area (Å²) in [6, 6.07) is 1.98. The first-order valence-electron chi connectivity index (χ1n) is 4.22. The van der Waals surface area contributed by atoms with E-state index in [4.69, 9.17) is 5.26 Å². The molecule has 0 bridgehead atoms. The van der Waals surface area contributed by atoms with Crippen molar-refractivity contribution in [2.45, 2.75) is 6.54 Å². The van der Waals surface area contributed by atoms with Gasteiger partial charge in [-0.1, -0.05) is 0 Å². The molecule has 15 heavy (non-hydrogen) atoms. The lowest BCUT2D eigenvalue weighted by atomic mass is 10.4. The smallest absolute Gasteiger partial charge is 0.182 e. The van der Waals surface area contributed by atoms with Gasteiger partial charge in [0.15, 0.2) is 11.5 Å². The van der Waals surface area contributed by atoms with E-state index in [1.54, 1.807) is 29.2 Å². The normalized spacial score (nSPS) is 9.53. The zero-order valence-corrected chi connectivity index (χ0v) is 8.53. The zero-order chi connectivity index (χ0) is 10.5. The quantitative estimate of drug-likeness (QED) is 0.841. The number of hydrogen-bond acceptors (Lipinski definition) is 6. The van der Waals surface area contributed by atoms with Gasteiger partial charge in [0.2, 0.25) is 0 Å². The number of nitrogens with one attached hydrogen (secondary N) is 1. The summed E-state index contributed by atoms with van der Waals surface area (Å²) in [6.07, 6.45) is 4.83. The third kappa shape index (κ3) is 2.27. The Bertz CT molecular complexity index is 473. The van der Waals surface area contributed by atoms with E-state index in [9.17, 15) is 0 Å². The lowest BCUT2D eigenvalue weighted by molar-refractivity contribution is 1.08. The number of thiazole rings is 1. The third-order valence-corrected chi connectivity index (χ3v) is 2.50. The molecular weight excluding hydrogens is 210 g/mol. The standard InChI is InChI=1S/C9H7N5S/c10-3-8-9(13-2-1-12-8)14-5-7-4-11-6-15-7/h1-2,4,6H,5H2,(H,13,14). The second kappa shape index (κ2) is 4.48. The molecule has 2 heterocycles. The minimum atomic E-state index is 0.307. The Morgan fingerprint density at radius 2 is 2.27 bits per heavy atom. The van der Waals surface area contributed by atoms with Gasteiger partial charge < -0.3 is 5.32 Å². The lowest BCUT2D eigenvalue weighted by Gasteiger charge is -2.03. The summed E-state index contributed by atoms with van der Waals surface area (Å²) in [4.78, 5) is 13.0. The molecule has 0 aromatic carbocycles. The molecule has 2 aromatic rings. The van der Waals surface area contributed by atoms with Crippen LogP contribution in [0.15, 0.2) is 24.1 Å². The molecule has 2 rings (SSSR count). The van der Waals surface area contributed by atoms with Crippen molar-refractivity contribution in [2.75, 3.05) is 5.32 Å². The molecule has 6 heteroatoms. The highest BCUT2D eigenvalue weighted by molar-refractivity contribution is 7.09. The van der Waals surface area contributed by atoms with Gasteiger partial charge in [-0.05, 0) is 0 Å². The summed E-state index contributed by atoms with van der Waals surface area (Å²) in [5, 5.41) is 11.8. The highest BCUT2D eigenvalue weighted by atomic mass is 32.1. The minimum absolute atomic E-state index is 0.307. The first-order valence-corrected chi connectivity index (χ1v) is 5.10. The number of nitrogens with zero attached hydrogens (tertiary/aromatic N) is 4. The molecule has 0 spiro atoms. The molecule has 74 valence electrons. The largest absolute Gasteiger partial charge is 0.363 e. The molecule has 0 atom stereocenters. The van der Waals surface area contributed by atoms with E-state index in [1.807, 2.05) is 6.07 Å². The summed E-state index contributed by atoms with van der Waals surface area (Å²) in [6.45, 7) is 0.609. The molecular formula is C9H7N5S. The highest BCUT2D eigenvalue weighted by Gasteiger charge is 2.03. The van der Waals surface area contributed by atoms with Crippen molar-refractivity contribution < 1.29 is 0 Å². The van der Waals surface area contributed by atoms with Crippen molar-refractivity contribution in [1.82, 2.24) is 15.0 Å². The SMILES string of the molecule is N#Cc1nccnc1NCc1cncs1. The second-order valence-corrected chi connectivity index (χ2v) is 3.66. The van der Waals surface area contributed by atoms with E-state index in [0.717, 1.165) is 4.88 Å². The van der Waals surface area contributed by atoms with Crippen LogP contribution in [-0.2, 0) is 6.54 Å². The maximum Gasteiger partial charge on any atom is 0.182 e. The van der Waals surface area contributed by atoms with Crippen molar-refractivity contribution in [2.24, 2.45) is 0 Å². The van der Waals surface area contributed by atoms with Crippen LogP contribution < -0.4 is 5.32 Å². The number of hydrogen-bond donors (Lipinski definition) is 1. The van der Waals surface area contributed by atoms with E-state index in [0.29, 0.717) is 18.1 Å². The first-order chi connectivity index (χ1) is 7.40. The molecule has 0 amide bonds. The molecule has 0 unspecified atom stereocenters. The van der Waals surface area contributed by atoms with Gasteiger partial charge in [0, 0.05) is 23.5 Å². The van der Waals surface area contributed by atoms with Crippen molar-refractivity contribution >= 4 is 17.2 Å². The van der Waals surface area contributed by atoms with Crippen LogP contribution in [0.2, 0.25) is 0 Å². The molecule has 1 N–H and O–H groups in total. The van der Waals surface area contributed by atoms with Gasteiger partial charge in [-0.3, -0.25) is 4.98 Å². The summed E-state index contributed by atoms with van der Waals surface area (Å²) < 4.78 is 0. The van der Waals surface area contributed by atoms with Crippen LogP contribution in [0.3, 0.4) is 0 Å². The summed E-state index contributed by atoms with van der Waals surface area (Å²) in [7, 11) is 0. The number of anilines is 1. The van der Waals surface area contributed by atoms with Crippen LogP contribution >= 0.6 is 11.3 Å². The summed E-state index contributed by atoms with van der Waals surface area (Å²) >= 11 is 1.55. The Morgan fingerprint density at radius 3 is 3.00 bits per heavy atom. The number of aromatic nitrogens is 3. The number of rotatable bonds is 3. The molecule has 0 aliphatic heterocycles. The van der Waals surface area contributed by atoms with Gasteiger partial charge in [-0.2, -0.15) is 5.26 Å². The molecule has 0 fully saturated rings. The van der Waals surface area contributed by atoms with Crippen LogP contribution in [0, 0.1) is 11.3 Å². The van der Waals surface area contributed by atoms with Gasteiger partial charge in [-0.25, -0.2) is 9.97 Å². The van der Waals surface area contributed by atoms with Gasteiger partial charge in [-0.15, -0.1) is 11.3 Å². The van der Waals surface area contributed by atoms with Crippen molar-refractivity contribution in [3.63, 3.8) is 0 Å². The average molecular weight is 217 g/mol. The fraction of sp³-hybridized carbons (Fsp3) is 0.111. The van der Waals surface area contributed by atoms with Gasteiger partial charge >= 0.3 is 0 Å². The topological polar surface area (TPSA) is 74.5 Å². The monoisotopic (exact) mass is 217 g/mol. The van der Waals surface area contributed by atoms with Crippen LogP contribution in [0.4, 0.5) is 5.82 Å². The highest BCUT2D eigenvalue weighted by Crippen LogP contribution is 2.11. The van der Waals surface area contributed by atoms with E-state index in [2.05, 4.69) is 20.3 Å². The maximum absolute atomic E-state index is 8.77. The van der Waals surface area contributed by atoms with Gasteiger partial charge in [0.25, 0.3) is 0 Å². The molecule has 0 aliphatic carbocycles. The van der Waals surface area contributed by atoms with Crippen LogP contribution in [0.25, 0.3) is 0 Å². The zero-order valence-electron chi connectivity index (χ0n) is 7.71. The Kier molecular flexibility index (Phi) is 2.85. The van der Waals surface area contributed by atoms with Gasteiger partial charge in [0.05, 0.1) is 12.1 Å². The lowest BCUT2D eigenvalue weighted by Crippen LogP contribution is -2.03. The Morgan fingerprint density at radius 1 is 1.40 bits per heavy atom. The Balaban J connectivity index is 2.08. The minimum Gasteiger partial charge on any atom is -0.363 e. The molecule has 0 saturated carbocycles. The maximum atomic E-state index is 8.77. The van der Waals surface area contributed by atoms with Crippen LogP contribution in [0.1, 0.15) is 10.6 Å². The molecule has 2 aromatic heterocycles. The van der Waals surface area contributed by atoms with Crippen LogP contribution in [-0.4, -0.2) is 15.0 Å². The second-order valence-electron chi connectivity index (χ2n) is 2.69. The first kappa shape index (κ1) is 9.55. The molecule has 0 saturated heterocycles. The van der Waals surface area contributed by atoms with Crippen molar-refractivity contribution in [3.05, 3.63) is 34.7 Å². The number of nitriles is 1. The predicted octanol–water partition coefficient (Wildman–Crippen LogP) is 1.42. The van der Waals surface area contributed by atoms with E-state index in [1.165, 1.54) is 6.20 Å². The summed E-state index contributed by atoms with van der Waals surface area (Å²) in [5.41, 5.74) is 2.07. The Labute approximate surface area is 90.5 Å². The fourth-order valence-corrected chi connectivity index (χ4v) is 1.58. The fourth-order valence-electron chi connectivity index (χ4n) is 1.05. The molecule has 0 aliphatic rings. The average Bonchev–Trinajstić information content (AvgIpc) is 2.79. The predicted molar refractivity (Wildman–Crippen MR) is 56.2 cm³/mol. The summed E-state index contributed by atoms with van der Waals surface area (Å²) in [5.74, 6) is 0.508. The third-order valence-electron chi connectivity index (χ3n) is 1.72. The van der Waals surface area contributed by atoms with Gasteiger partial charge in [0.1, 0.15) is 6.07 Å². The molecule has 0 radical (unpaired) electrons. The van der Waals surface area contributed by atoms with Crippen LogP contribution in [0.5, 0.6) is 0 Å². The van der Waals surface area contributed by atoms with Crippen molar-refractivity contribution in [3.8, 4) is 6.07 Å². The molecule has 5 nitrogen and oxygen atoms in total. The van der Waals surface area contributed by atoms with E-state index >= 15 is 0 Å². The van der Waals surface area contributed by atoms with E-state index < -0.39 is 0 Å².